The van der Waals surface area contributed by atoms with Gasteiger partial charge in [-0.2, -0.15) is 0 Å². The summed E-state index contributed by atoms with van der Waals surface area (Å²) in [5.41, 5.74) is 6.15. The van der Waals surface area contributed by atoms with Crippen molar-refractivity contribution >= 4 is 29.2 Å². The van der Waals surface area contributed by atoms with Gasteiger partial charge in [-0.15, -0.1) is 0 Å². The molecule has 21 heavy (non-hydrogen) atoms. The molecule has 0 bridgehead atoms. The van der Waals surface area contributed by atoms with E-state index in [1.165, 1.54) is 12.1 Å². The number of nitrogens with two attached hydrogens (primary N) is 1. The molecule has 0 aromatic heterocycles. The molecule has 7 heteroatoms. The summed E-state index contributed by atoms with van der Waals surface area (Å²) in [6, 6.07) is 4.51. The first-order valence-electron chi connectivity index (χ1n) is 6.66. The molecule has 0 unspecified atom stereocenters. The fraction of sp³-hybridized carbons (Fsp3) is 0.429. The lowest BCUT2D eigenvalue weighted by molar-refractivity contribution is -0.136. The van der Waals surface area contributed by atoms with Crippen molar-refractivity contribution in [1.82, 2.24) is 9.80 Å². The highest BCUT2D eigenvalue weighted by Crippen LogP contribution is 2.18. The Kier molecular flexibility index (Phi) is 5.03. The minimum absolute atomic E-state index is 0.191. The highest BCUT2D eigenvalue weighted by atomic mass is 35.5. The third-order valence-electron chi connectivity index (χ3n) is 3.42. The Morgan fingerprint density at radius 2 is 1.95 bits per heavy atom. The van der Waals surface area contributed by atoms with E-state index in [-0.39, 0.29) is 23.8 Å². The topological polar surface area (TPSA) is 75.9 Å². The molecule has 0 aliphatic carbocycles. The maximum absolute atomic E-state index is 12.0. The molecule has 1 aromatic carbocycles. The van der Waals surface area contributed by atoms with Gasteiger partial charge in [-0.3, -0.25) is 4.79 Å². The maximum atomic E-state index is 12.0. The van der Waals surface area contributed by atoms with E-state index in [0.29, 0.717) is 18.1 Å². The monoisotopic (exact) mass is 311 g/mol. The molecule has 1 heterocycles. The number of anilines is 1. The Morgan fingerprint density at radius 3 is 2.57 bits per heavy atom. The number of benzene rings is 1. The second-order valence-electron chi connectivity index (χ2n) is 4.99. The SMILES string of the molecule is CN1CCN(C(=O)COC(=O)c2ccc(Cl)cc2N)CC1. The summed E-state index contributed by atoms with van der Waals surface area (Å²) in [6.45, 7) is 2.67. The van der Waals surface area contributed by atoms with Crippen molar-refractivity contribution < 1.29 is 14.3 Å². The molecule has 0 radical (unpaired) electrons. The molecule has 1 saturated heterocycles. The predicted molar refractivity (Wildman–Crippen MR) is 80.2 cm³/mol. The first-order valence-corrected chi connectivity index (χ1v) is 7.03. The minimum atomic E-state index is -0.619. The van der Waals surface area contributed by atoms with Crippen LogP contribution in [0.2, 0.25) is 5.02 Å². The largest absolute Gasteiger partial charge is 0.452 e. The Hall–Kier alpha value is -1.79. The van der Waals surface area contributed by atoms with Crippen LogP contribution in [0.5, 0.6) is 0 Å². The van der Waals surface area contributed by atoms with Gasteiger partial charge < -0.3 is 20.3 Å². The summed E-state index contributed by atoms with van der Waals surface area (Å²) in [5, 5.41) is 0.442. The number of nitrogens with zero attached hydrogens (tertiary/aromatic N) is 2. The first kappa shape index (κ1) is 15.6. The fourth-order valence-corrected chi connectivity index (χ4v) is 2.25. The summed E-state index contributed by atoms with van der Waals surface area (Å²) >= 11 is 5.77. The Labute approximate surface area is 128 Å². The van der Waals surface area contributed by atoms with Gasteiger partial charge in [-0.1, -0.05) is 11.6 Å². The van der Waals surface area contributed by atoms with E-state index < -0.39 is 5.97 Å². The van der Waals surface area contributed by atoms with Crippen LogP contribution >= 0.6 is 11.6 Å². The number of amides is 1. The lowest BCUT2D eigenvalue weighted by atomic mass is 10.2. The van der Waals surface area contributed by atoms with E-state index in [4.69, 9.17) is 22.1 Å². The number of piperazine rings is 1. The molecule has 0 spiro atoms. The van der Waals surface area contributed by atoms with Gasteiger partial charge in [0.1, 0.15) is 0 Å². The van der Waals surface area contributed by atoms with Crippen molar-refractivity contribution in [3.63, 3.8) is 0 Å². The molecular formula is C14H18ClN3O3. The Bertz CT molecular complexity index is 542. The smallest absolute Gasteiger partial charge is 0.340 e. The van der Waals surface area contributed by atoms with Gasteiger partial charge in [-0.25, -0.2) is 4.79 Å². The second kappa shape index (κ2) is 6.78. The summed E-state index contributed by atoms with van der Waals surface area (Å²) in [6.07, 6.45) is 0. The van der Waals surface area contributed by atoms with E-state index in [9.17, 15) is 9.59 Å². The number of hydrogen-bond donors (Lipinski definition) is 1. The molecule has 1 aromatic rings. The molecule has 0 atom stereocenters. The zero-order chi connectivity index (χ0) is 15.4. The maximum Gasteiger partial charge on any atom is 0.340 e. The lowest BCUT2D eigenvalue weighted by Crippen LogP contribution is -2.48. The first-order chi connectivity index (χ1) is 9.97. The third kappa shape index (κ3) is 4.09. The molecule has 1 amide bonds. The van der Waals surface area contributed by atoms with E-state index in [1.54, 1.807) is 11.0 Å². The highest BCUT2D eigenvalue weighted by molar-refractivity contribution is 6.31. The number of esters is 1. The Balaban J connectivity index is 1.87. The van der Waals surface area contributed by atoms with Gasteiger partial charge in [0.05, 0.1) is 5.56 Å². The van der Waals surface area contributed by atoms with Crippen LogP contribution in [0.25, 0.3) is 0 Å². The molecule has 1 aliphatic rings. The van der Waals surface area contributed by atoms with Crippen molar-refractivity contribution in [2.75, 3.05) is 45.6 Å². The molecule has 2 N–H and O–H groups in total. The molecule has 1 fully saturated rings. The van der Waals surface area contributed by atoms with Gasteiger partial charge in [0.25, 0.3) is 5.91 Å². The molecule has 0 saturated carbocycles. The van der Waals surface area contributed by atoms with Crippen molar-refractivity contribution in [2.45, 2.75) is 0 Å². The van der Waals surface area contributed by atoms with Crippen LogP contribution in [-0.2, 0) is 9.53 Å². The Morgan fingerprint density at radius 1 is 1.29 bits per heavy atom. The van der Waals surface area contributed by atoms with Crippen molar-refractivity contribution in [1.29, 1.82) is 0 Å². The van der Waals surface area contributed by atoms with Crippen LogP contribution < -0.4 is 5.73 Å². The second-order valence-corrected chi connectivity index (χ2v) is 5.43. The van der Waals surface area contributed by atoms with Gasteiger partial charge in [0.2, 0.25) is 0 Å². The highest BCUT2D eigenvalue weighted by Gasteiger charge is 2.21. The summed E-state index contributed by atoms with van der Waals surface area (Å²) in [5.74, 6) is -0.810. The number of nitrogen functional groups attached to an aromatic ring is 1. The number of halogens is 1. The quantitative estimate of drug-likeness (QED) is 0.661. The average molecular weight is 312 g/mol. The number of rotatable bonds is 3. The van der Waals surface area contributed by atoms with E-state index in [2.05, 4.69) is 4.90 Å². The van der Waals surface area contributed by atoms with Crippen LogP contribution in [0.4, 0.5) is 5.69 Å². The van der Waals surface area contributed by atoms with Gasteiger partial charge in [0, 0.05) is 36.9 Å². The summed E-state index contributed by atoms with van der Waals surface area (Å²) in [4.78, 5) is 27.7. The molecule has 1 aliphatic heterocycles. The van der Waals surface area contributed by atoms with Crippen LogP contribution in [-0.4, -0.2) is 61.5 Å². The van der Waals surface area contributed by atoms with Crippen LogP contribution in [0.1, 0.15) is 10.4 Å². The van der Waals surface area contributed by atoms with E-state index >= 15 is 0 Å². The zero-order valence-electron chi connectivity index (χ0n) is 11.8. The number of carbonyl (C=O) groups is 2. The zero-order valence-corrected chi connectivity index (χ0v) is 12.6. The minimum Gasteiger partial charge on any atom is -0.452 e. The lowest BCUT2D eigenvalue weighted by Gasteiger charge is -2.32. The number of ether oxygens (including phenoxy) is 1. The van der Waals surface area contributed by atoms with Crippen molar-refractivity contribution in [3.05, 3.63) is 28.8 Å². The molecular weight excluding hydrogens is 294 g/mol. The van der Waals surface area contributed by atoms with E-state index in [1.807, 2.05) is 7.05 Å². The summed E-state index contributed by atoms with van der Waals surface area (Å²) < 4.78 is 5.02. The fourth-order valence-electron chi connectivity index (χ4n) is 2.07. The third-order valence-corrected chi connectivity index (χ3v) is 3.65. The van der Waals surface area contributed by atoms with Crippen LogP contribution in [0.15, 0.2) is 18.2 Å². The van der Waals surface area contributed by atoms with Crippen molar-refractivity contribution in [3.8, 4) is 0 Å². The van der Waals surface area contributed by atoms with Gasteiger partial charge >= 0.3 is 5.97 Å². The molecule has 2 rings (SSSR count). The number of hydrogen-bond acceptors (Lipinski definition) is 5. The van der Waals surface area contributed by atoms with Gasteiger partial charge in [0.15, 0.2) is 6.61 Å². The molecule has 114 valence electrons. The summed E-state index contributed by atoms with van der Waals surface area (Å²) in [7, 11) is 2.01. The van der Waals surface area contributed by atoms with Crippen LogP contribution in [0.3, 0.4) is 0 Å². The van der Waals surface area contributed by atoms with Gasteiger partial charge in [-0.05, 0) is 25.2 Å². The van der Waals surface area contributed by atoms with Crippen molar-refractivity contribution in [2.24, 2.45) is 0 Å². The number of likely N-dealkylation sites (N-methyl/N-ethyl adjacent to an activating group) is 1. The standard InChI is InChI=1S/C14H18ClN3O3/c1-17-4-6-18(7-5-17)13(19)9-21-14(20)11-3-2-10(15)8-12(11)16/h2-3,8H,4-7,9,16H2,1H3. The normalized spacial score (nSPS) is 15.8. The van der Waals surface area contributed by atoms with Crippen LogP contribution in [0, 0.1) is 0 Å². The number of carbonyl (C=O) groups excluding carboxylic acids is 2. The van der Waals surface area contributed by atoms with E-state index in [0.717, 1.165) is 13.1 Å². The average Bonchev–Trinajstić information content (AvgIpc) is 2.45. The predicted octanol–water partition coefficient (Wildman–Crippen LogP) is 0.853. The molecule has 6 nitrogen and oxygen atoms in total.